The molecule has 0 spiro atoms. The highest BCUT2D eigenvalue weighted by molar-refractivity contribution is 5.76. The molecule has 3 heteroatoms. The Hall–Kier alpha value is -0.570. The molecule has 0 radical (unpaired) electrons. The zero-order valence-electron chi connectivity index (χ0n) is 13.1. The number of piperidine rings is 1. The van der Waals surface area contributed by atoms with Crippen molar-refractivity contribution in [1.29, 1.82) is 0 Å². The maximum Gasteiger partial charge on any atom is 0.222 e. The Morgan fingerprint density at radius 1 is 1.21 bits per heavy atom. The van der Waals surface area contributed by atoms with Crippen LogP contribution in [0.15, 0.2) is 0 Å². The van der Waals surface area contributed by atoms with Crippen LogP contribution >= 0.6 is 0 Å². The lowest BCUT2D eigenvalue weighted by Gasteiger charge is -2.37. The third kappa shape index (κ3) is 5.94. The Kier molecular flexibility index (Phi) is 8.11. The molecule has 0 aromatic rings. The van der Waals surface area contributed by atoms with Crippen molar-refractivity contribution in [3.05, 3.63) is 0 Å². The Morgan fingerprint density at radius 2 is 1.95 bits per heavy atom. The predicted molar refractivity (Wildman–Crippen MR) is 81.2 cm³/mol. The summed E-state index contributed by atoms with van der Waals surface area (Å²) in [5, 5.41) is 3.52. The monoisotopic (exact) mass is 268 g/mol. The number of hydrogen-bond acceptors (Lipinski definition) is 2. The van der Waals surface area contributed by atoms with Crippen molar-refractivity contribution in [2.24, 2.45) is 5.92 Å². The van der Waals surface area contributed by atoms with Gasteiger partial charge in [-0.05, 0) is 25.3 Å². The average molecular weight is 268 g/mol. The molecule has 1 aliphatic rings. The lowest BCUT2D eigenvalue weighted by Crippen LogP contribution is -2.50. The molecule has 0 aromatic carbocycles. The van der Waals surface area contributed by atoms with Crippen molar-refractivity contribution in [3.8, 4) is 0 Å². The first-order chi connectivity index (χ1) is 9.19. The number of unbranched alkanes of at least 4 members (excludes halogenated alkanes) is 4. The zero-order valence-corrected chi connectivity index (χ0v) is 13.1. The van der Waals surface area contributed by atoms with E-state index in [1.54, 1.807) is 0 Å². The van der Waals surface area contributed by atoms with Gasteiger partial charge in [-0.25, -0.2) is 0 Å². The third-order valence-electron chi connectivity index (χ3n) is 4.22. The van der Waals surface area contributed by atoms with Crippen LogP contribution < -0.4 is 5.32 Å². The van der Waals surface area contributed by atoms with Crippen molar-refractivity contribution < 1.29 is 4.79 Å². The molecule has 2 unspecified atom stereocenters. The van der Waals surface area contributed by atoms with Crippen molar-refractivity contribution >= 4 is 5.91 Å². The van der Waals surface area contributed by atoms with Gasteiger partial charge in [-0.3, -0.25) is 4.79 Å². The Bertz CT molecular complexity index is 255. The van der Waals surface area contributed by atoms with Crippen LogP contribution in [0.4, 0.5) is 0 Å². The Balaban J connectivity index is 2.20. The summed E-state index contributed by atoms with van der Waals surface area (Å²) in [5.41, 5.74) is 0. The fourth-order valence-corrected chi connectivity index (χ4v) is 2.98. The lowest BCUT2D eigenvalue weighted by atomic mass is 9.93. The summed E-state index contributed by atoms with van der Waals surface area (Å²) in [4.78, 5) is 14.2. The minimum atomic E-state index is 0.373. The molecule has 1 fully saturated rings. The molecule has 0 aromatic heterocycles. The normalized spacial score (nSPS) is 23.6. The molecule has 2 atom stereocenters. The molecule has 1 N–H and O–H groups in total. The van der Waals surface area contributed by atoms with E-state index in [1.807, 2.05) is 0 Å². The second-order valence-corrected chi connectivity index (χ2v) is 5.93. The second-order valence-electron chi connectivity index (χ2n) is 5.93. The molecule has 1 rings (SSSR count). The van der Waals surface area contributed by atoms with Crippen LogP contribution in [0.3, 0.4) is 0 Å². The summed E-state index contributed by atoms with van der Waals surface area (Å²) in [6.45, 7) is 9.54. The molecular weight excluding hydrogens is 236 g/mol. The SMILES string of the molecule is CCCCCCCC(=O)N1CCC(NCC)C(C)C1. The van der Waals surface area contributed by atoms with Gasteiger partial charge in [-0.2, -0.15) is 0 Å². The number of nitrogens with zero attached hydrogens (tertiary/aromatic N) is 1. The maximum absolute atomic E-state index is 12.1. The van der Waals surface area contributed by atoms with Gasteiger partial charge < -0.3 is 10.2 Å². The smallest absolute Gasteiger partial charge is 0.222 e. The standard InChI is InChI=1S/C16H32N2O/c1-4-6-7-8-9-10-16(19)18-12-11-15(17-5-2)14(3)13-18/h14-15,17H,4-13H2,1-3H3. The van der Waals surface area contributed by atoms with Gasteiger partial charge in [0.2, 0.25) is 5.91 Å². The molecule has 112 valence electrons. The summed E-state index contributed by atoms with van der Waals surface area (Å²) < 4.78 is 0. The predicted octanol–water partition coefficient (Wildman–Crippen LogP) is 3.19. The fraction of sp³-hybridized carbons (Fsp3) is 0.938. The van der Waals surface area contributed by atoms with E-state index in [9.17, 15) is 4.79 Å². The fourth-order valence-electron chi connectivity index (χ4n) is 2.98. The number of nitrogens with one attached hydrogen (secondary N) is 1. The van der Waals surface area contributed by atoms with E-state index in [2.05, 4.69) is 31.0 Å². The van der Waals surface area contributed by atoms with Crippen molar-refractivity contribution in [2.75, 3.05) is 19.6 Å². The summed E-state index contributed by atoms with van der Waals surface area (Å²) in [6.07, 6.45) is 7.99. The molecule has 3 nitrogen and oxygen atoms in total. The van der Waals surface area contributed by atoms with E-state index < -0.39 is 0 Å². The Morgan fingerprint density at radius 3 is 2.58 bits per heavy atom. The summed E-state index contributed by atoms with van der Waals surface area (Å²) >= 11 is 0. The summed E-state index contributed by atoms with van der Waals surface area (Å²) in [6, 6.07) is 0.596. The first-order valence-corrected chi connectivity index (χ1v) is 8.20. The molecule has 1 heterocycles. The van der Waals surface area contributed by atoms with Crippen molar-refractivity contribution in [1.82, 2.24) is 10.2 Å². The number of hydrogen-bond donors (Lipinski definition) is 1. The number of carbonyl (C=O) groups excluding carboxylic acids is 1. The zero-order chi connectivity index (χ0) is 14.1. The molecule has 0 aliphatic carbocycles. The van der Waals surface area contributed by atoms with Gasteiger partial charge in [0.15, 0.2) is 0 Å². The third-order valence-corrected chi connectivity index (χ3v) is 4.22. The highest BCUT2D eigenvalue weighted by Crippen LogP contribution is 2.18. The van der Waals surface area contributed by atoms with E-state index in [0.29, 0.717) is 17.9 Å². The largest absolute Gasteiger partial charge is 0.342 e. The van der Waals surface area contributed by atoms with E-state index in [-0.39, 0.29) is 0 Å². The van der Waals surface area contributed by atoms with Gasteiger partial charge in [-0.1, -0.05) is 46.5 Å². The quantitative estimate of drug-likeness (QED) is 0.686. The van der Waals surface area contributed by atoms with Gasteiger partial charge in [0.25, 0.3) is 0 Å². The number of rotatable bonds is 8. The number of amides is 1. The van der Waals surface area contributed by atoms with Crippen LogP contribution in [-0.4, -0.2) is 36.5 Å². The van der Waals surface area contributed by atoms with Crippen LogP contribution in [0.5, 0.6) is 0 Å². The minimum absolute atomic E-state index is 0.373. The molecule has 0 saturated carbocycles. The van der Waals surface area contributed by atoms with Crippen molar-refractivity contribution in [3.63, 3.8) is 0 Å². The van der Waals surface area contributed by atoms with Crippen LogP contribution in [0.1, 0.15) is 65.7 Å². The van der Waals surface area contributed by atoms with Crippen molar-refractivity contribution in [2.45, 2.75) is 71.8 Å². The van der Waals surface area contributed by atoms with Gasteiger partial charge in [0.05, 0.1) is 0 Å². The molecule has 0 bridgehead atoms. The van der Waals surface area contributed by atoms with E-state index in [1.165, 1.54) is 25.7 Å². The van der Waals surface area contributed by atoms with Crippen LogP contribution in [-0.2, 0) is 4.79 Å². The summed E-state index contributed by atoms with van der Waals surface area (Å²) in [5.74, 6) is 0.955. The number of likely N-dealkylation sites (tertiary alicyclic amines) is 1. The van der Waals surface area contributed by atoms with E-state index >= 15 is 0 Å². The highest BCUT2D eigenvalue weighted by Gasteiger charge is 2.27. The molecule has 1 amide bonds. The van der Waals surface area contributed by atoms with E-state index in [0.717, 1.165) is 38.9 Å². The van der Waals surface area contributed by atoms with Crippen LogP contribution in [0, 0.1) is 5.92 Å². The molecule has 1 aliphatic heterocycles. The van der Waals surface area contributed by atoms with Crippen LogP contribution in [0.25, 0.3) is 0 Å². The highest BCUT2D eigenvalue weighted by atomic mass is 16.2. The molecular formula is C16H32N2O. The maximum atomic E-state index is 12.1. The van der Waals surface area contributed by atoms with Gasteiger partial charge >= 0.3 is 0 Å². The van der Waals surface area contributed by atoms with Gasteiger partial charge in [0.1, 0.15) is 0 Å². The first-order valence-electron chi connectivity index (χ1n) is 8.20. The van der Waals surface area contributed by atoms with E-state index in [4.69, 9.17) is 0 Å². The molecule has 1 saturated heterocycles. The second kappa shape index (κ2) is 9.35. The topological polar surface area (TPSA) is 32.3 Å². The van der Waals surface area contributed by atoms with Gasteiger partial charge in [0, 0.05) is 25.6 Å². The lowest BCUT2D eigenvalue weighted by molar-refractivity contribution is -0.133. The van der Waals surface area contributed by atoms with Gasteiger partial charge in [-0.15, -0.1) is 0 Å². The average Bonchev–Trinajstić information content (AvgIpc) is 2.41. The first kappa shape index (κ1) is 16.5. The Labute approximate surface area is 119 Å². The number of carbonyl (C=O) groups is 1. The molecule has 19 heavy (non-hydrogen) atoms. The minimum Gasteiger partial charge on any atom is -0.342 e. The van der Waals surface area contributed by atoms with Crippen LogP contribution in [0.2, 0.25) is 0 Å². The summed E-state index contributed by atoms with van der Waals surface area (Å²) in [7, 11) is 0.